The second-order valence-corrected chi connectivity index (χ2v) is 3.65. The van der Waals surface area contributed by atoms with E-state index in [0.717, 1.165) is 26.2 Å². The first-order chi connectivity index (χ1) is 9.33. The van der Waals surface area contributed by atoms with Crippen LogP contribution >= 0.6 is 0 Å². The molecule has 4 nitrogen and oxygen atoms in total. The van der Waals surface area contributed by atoms with Crippen molar-refractivity contribution in [3.63, 3.8) is 0 Å². The topological polar surface area (TPSA) is 39.7 Å². The average molecular weight is 279 g/mol. The summed E-state index contributed by atoms with van der Waals surface area (Å²) < 4.78 is 15.8. The Kier molecular flexibility index (Phi) is 38.6. The molecule has 0 spiro atoms. The minimum absolute atomic E-state index is 0.652. The van der Waals surface area contributed by atoms with Gasteiger partial charge in [0.15, 0.2) is 0 Å². The molecule has 0 saturated heterocycles. The minimum Gasteiger partial charge on any atom is -0.379 e. The molecule has 0 aromatic carbocycles. The highest BCUT2D eigenvalue weighted by atomic mass is 16.5. The van der Waals surface area contributed by atoms with Crippen molar-refractivity contribution in [1.82, 2.24) is 5.32 Å². The minimum atomic E-state index is 0.652. The molecule has 120 valence electrons. The summed E-state index contributed by atoms with van der Waals surface area (Å²) in [5, 5.41) is 3.01. The summed E-state index contributed by atoms with van der Waals surface area (Å²) in [5.74, 6) is 0. The number of nitrogens with one attached hydrogen (secondary N) is 1. The predicted octanol–water partition coefficient (Wildman–Crippen LogP) is 3.11. The molecule has 19 heavy (non-hydrogen) atoms. The summed E-state index contributed by atoms with van der Waals surface area (Å²) in [6.07, 6.45) is 2.31. The van der Waals surface area contributed by atoms with Crippen molar-refractivity contribution >= 4 is 0 Å². The predicted molar refractivity (Wildman–Crippen MR) is 84.0 cm³/mol. The fourth-order valence-electron chi connectivity index (χ4n) is 0.860. The molecule has 0 rings (SSSR count). The van der Waals surface area contributed by atoms with Gasteiger partial charge in [0, 0.05) is 13.2 Å². The normalized spacial score (nSPS) is 9.16. The molecule has 0 heterocycles. The van der Waals surface area contributed by atoms with Crippen LogP contribution in [0.15, 0.2) is 0 Å². The maximum absolute atomic E-state index is 5.29. The van der Waals surface area contributed by atoms with Crippen LogP contribution in [0.5, 0.6) is 0 Å². The Morgan fingerprint density at radius 1 is 0.684 bits per heavy atom. The Hall–Kier alpha value is -0.160. The molecular formula is C15H37NO3. The van der Waals surface area contributed by atoms with Gasteiger partial charge in [-0.2, -0.15) is 0 Å². The molecule has 0 aliphatic heterocycles. The third-order valence-electron chi connectivity index (χ3n) is 1.59. The molecule has 1 N–H and O–H groups in total. The molecule has 0 radical (unpaired) electrons. The summed E-state index contributed by atoms with van der Waals surface area (Å²) in [4.78, 5) is 0. The summed E-state index contributed by atoms with van der Waals surface area (Å²) in [6.45, 7) is 15.5. The monoisotopic (exact) mass is 279 g/mol. The third-order valence-corrected chi connectivity index (χ3v) is 1.59. The number of hydrogen-bond donors (Lipinski definition) is 1. The van der Waals surface area contributed by atoms with E-state index in [1.165, 1.54) is 6.42 Å². The fraction of sp³-hybridized carbons (Fsp3) is 1.00. The van der Waals surface area contributed by atoms with E-state index >= 15 is 0 Å². The van der Waals surface area contributed by atoms with E-state index in [-0.39, 0.29) is 0 Å². The van der Waals surface area contributed by atoms with E-state index in [2.05, 4.69) is 26.1 Å². The third kappa shape index (κ3) is 38.1. The lowest BCUT2D eigenvalue weighted by atomic mass is 10.5. The molecule has 0 fully saturated rings. The fourth-order valence-corrected chi connectivity index (χ4v) is 0.860. The summed E-state index contributed by atoms with van der Waals surface area (Å²) in [7, 11) is 1.91. The molecule has 0 atom stereocenters. The van der Waals surface area contributed by atoms with E-state index in [9.17, 15) is 0 Å². The molecule has 4 heteroatoms. The van der Waals surface area contributed by atoms with E-state index < -0.39 is 0 Å². The van der Waals surface area contributed by atoms with Gasteiger partial charge < -0.3 is 19.5 Å². The second kappa shape index (κ2) is 30.7. The van der Waals surface area contributed by atoms with Crippen molar-refractivity contribution in [2.75, 3.05) is 53.2 Å². The maximum atomic E-state index is 5.29. The summed E-state index contributed by atoms with van der Waals surface area (Å²) in [6, 6.07) is 0. The van der Waals surface area contributed by atoms with Crippen LogP contribution in [-0.2, 0) is 14.2 Å². The number of rotatable bonds is 11. The zero-order valence-corrected chi connectivity index (χ0v) is 14.1. The van der Waals surface area contributed by atoms with Crippen LogP contribution in [0.2, 0.25) is 0 Å². The lowest BCUT2D eigenvalue weighted by Gasteiger charge is -2.05. The van der Waals surface area contributed by atoms with Crippen molar-refractivity contribution in [2.24, 2.45) is 0 Å². The Morgan fingerprint density at radius 2 is 1.05 bits per heavy atom. The lowest BCUT2D eigenvalue weighted by molar-refractivity contribution is 0.0154. The quantitative estimate of drug-likeness (QED) is 0.590. The standard InChI is InChI=1S/C10H23NO3.C3H8.C2H6/c1-3-5-12-7-9-14-10-8-13-6-4-11-2;1-3-2;1-2/h11H,3-10H2,1-2H3;3H2,1-2H3;1-2H3. The molecule has 0 aliphatic rings. The van der Waals surface area contributed by atoms with Crippen molar-refractivity contribution in [2.45, 2.75) is 47.5 Å². The molecule has 0 bridgehead atoms. The van der Waals surface area contributed by atoms with Gasteiger partial charge in [-0.15, -0.1) is 0 Å². The highest BCUT2D eigenvalue weighted by Gasteiger charge is 1.90. The van der Waals surface area contributed by atoms with Gasteiger partial charge in [0.2, 0.25) is 0 Å². The first-order valence-electron chi connectivity index (χ1n) is 7.71. The Morgan fingerprint density at radius 3 is 1.42 bits per heavy atom. The van der Waals surface area contributed by atoms with Crippen LogP contribution in [0, 0.1) is 0 Å². The van der Waals surface area contributed by atoms with E-state index in [0.29, 0.717) is 26.4 Å². The van der Waals surface area contributed by atoms with Gasteiger partial charge in [0.1, 0.15) is 0 Å². The van der Waals surface area contributed by atoms with Crippen LogP contribution in [0.25, 0.3) is 0 Å². The van der Waals surface area contributed by atoms with Crippen molar-refractivity contribution in [3.8, 4) is 0 Å². The molecule has 0 aromatic heterocycles. The molecule has 0 amide bonds. The van der Waals surface area contributed by atoms with Gasteiger partial charge >= 0.3 is 0 Å². The second-order valence-electron chi connectivity index (χ2n) is 3.65. The van der Waals surface area contributed by atoms with Crippen LogP contribution in [0.4, 0.5) is 0 Å². The van der Waals surface area contributed by atoms with E-state index in [4.69, 9.17) is 14.2 Å². The molecule has 0 saturated carbocycles. The van der Waals surface area contributed by atoms with Crippen molar-refractivity contribution in [1.29, 1.82) is 0 Å². The van der Waals surface area contributed by atoms with E-state index in [1.807, 2.05) is 20.9 Å². The molecule has 0 unspecified atom stereocenters. The highest BCUT2D eigenvalue weighted by Crippen LogP contribution is 1.82. The van der Waals surface area contributed by atoms with Crippen molar-refractivity contribution < 1.29 is 14.2 Å². The number of ether oxygens (including phenoxy) is 3. The van der Waals surface area contributed by atoms with Gasteiger partial charge in [0.05, 0.1) is 33.0 Å². The number of hydrogen-bond acceptors (Lipinski definition) is 4. The Bertz CT molecular complexity index is 102. The molecule has 0 aromatic rings. The van der Waals surface area contributed by atoms with Crippen LogP contribution in [-0.4, -0.2) is 53.2 Å². The van der Waals surface area contributed by atoms with Gasteiger partial charge in [-0.05, 0) is 13.5 Å². The zero-order chi connectivity index (χ0) is 15.2. The summed E-state index contributed by atoms with van der Waals surface area (Å²) >= 11 is 0. The van der Waals surface area contributed by atoms with Gasteiger partial charge in [-0.3, -0.25) is 0 Å². The Balaban J connectivity index is -0.000000445. The highest BCUT2D eigenvalue weighted by molar-refractivity contribution is 4.37. The lowest BCUT2D eigenvalue weighted by Crippen LogP contribution is -2.16. The van der Waals surface area contributed by atoms with Gasteiger partial charge in [0.25, 0.3) is 0 Å². The average Bonchev–Trinajstić information content (AvgIpc) is 2.44. The Labute approximate surface area is 121 Å². The zero-order valence-electron chi connectivity index (χ0n) is 14.1. The maximum Gasteiger partial charge on any atom is 0.0701 e. The smallest absolute Gasteiger partial charge is 0.0701 e. The van der Waals surface area contributed by atoms with Crippen LogP contribution < -0.4 is 5.32 Å². The van der Waals surface area contributed by atoms with Crippen LogP contribution in [0.3, 0.4) is 0 Å². The first-order valence-corrected chi connectivity index (χ1v) is 7.71. The summed E-state index contributed by atoms with van der Waals surface area (Å²) in [5.41, 5.74) is 0. The van der Waals surface area contributed by atoms with Crippen molar-refractivity contribution in [3.05, 3.63) is 0 Å². The first kappa shape index (κ1) is 23.9. The van der Waals surface area contributed by atoms with Gasteiger partial charge in [-0.1, -0.05) is 41.0 Å². The SMILES string of the molecule is CC.CCC.CCCOCCOCCOCCNC. The molecular weight excluding hydrogens is 242 g/mol. The van der Waals surface area contributed by atoms with E-state index in [1.54, 1.807) is 0 Å². The number of likely N-dealkylation sites (N-methyl/N-ethyl adjacent to an activating group) is 1. The van der Waals surface area contributed by atoms with Gasteiger partial charge in [-0.25, -0.2) is 0 Å². The van der Waals surface area contributed by atoms with Crippen LogP contribution in [0.1, 0.15) is 47.5 Å². The molecule has 0 aliphatic carbocycles. The largest absolute Gasteiger partial charge is 0.379 e.